The maximum absolute atomic E-state index is 13.9. The van der Waals surface area contributed by atoms with E-state index < -0.39 is 27.4 Å². The number of rotatable bonds is 7. The first-order valence-corrected chi connectivity index (χ1v) is 12.6. The van der Waals surface area contributed by atoms with Gasteiger partial charge >= 0.3 is 0 Å². The molecule has 0 aromatic heterocycles. The van der Waals surface area contributed by atoms with Crippen molar-refractivity contribution in [1.82, 2.24) is 14.7 Å². The van der Waals surface area contributed by atoms with Crippen LogP contribution in [0.3, 0.4) is 0 Å². The number of likely N-dealkylation sites (N-methyl/N-ethyl adjacent to an activating group) is 1. The van der Waals surface area contributed by atoms with Crippen molar-refractivity contribution >= 4 is 29.5 Å². The van der Waals surface area contributed by atoms with E-state index in [-0.39, 0.29) is 24.3 Å². The summed E-state index contributed by atoms with van der Waals surface area (Å²) in [6.45, 7) is 6.36. The zero-order chi connectivity index (χ0) is 23.1. The van der Waals surface area contributed by atoms with Gasteiger partial charge in [-0.2, -0.15) is 0 Å². The predicted molar refractivity (Wildman–Crippen MR) is 125 cm³/mol. The molecule has 4 heterocycles. The minimum absolute atomic E-state index is 0.0133. The zero-order valence-electron chi connectivity index (χ0n) is 19.3. The lowest BCUT2D eigenvalue weighted by molar-refractivity contribution is -0.144. The summed E-state index contributed by atoms with van der Waals surface area (Å²) < 4.78 is -1.30. The average molecular weight is 462 g/mol. The molecule has 32 heavy (non-hydrogen) atoms. The normalized spacial score (nSPS) is 36.3. The van der Waals surface area contributed by atoms with Crippen LogP contribution in [0.4, 0.5) is 0 Å². The molecule has 1 unspecified atom stereocenters. The molecule has 0 aromatic rings. The lowest BCUT2D eigenvalue weighted by atomic mass is 9.74. The van der Waals surface area contributed by atoms with Crippen molar-refractivity contribution in [2.75, 3.05) is 39.8 Å². The summed E-state index contributed by atoms with van der Waals surface area (Å²) in [5.41, 5.74) is 0. The molecule has 4 rings (SSSR count). The Morgan fingerprint density at radius 1 is 1.00 bits per heavy atom. The Bertz CT molecular complexity index is 845. The molecule has 1 N–H and O–H groups in total. The van der Waals surface area contributed by atoms with Gasteiger partial charge in [0.15, 0.2) is 0 Å². The molecular weight excluding hydrogens is 426 g/mol. The third kappa shape index (κ3) is 3.50. The van der Waals surface area contributed by atoms with E-state index in [9.17, 15) is 19.5 Å². The highest BCUT2D eigenvalue weighted by atomic mass is 32.2. The van der Waals surface area contributed by atoms with Crippen molar-refractivity contribution in [1.29, 1.82) is 0 Å². The van der Waals surface area contributed by atoms with E-state index in [1.165, 1.54) is 0 Å². The fraction of sp³-hybridized carbons (Fsp3) is 0.708. The summed E-state index contributed by atoms with van der Waals surface area (Å²) in [6, 6.07) is -0.616. The van der Waals surface area contributed by atoms with E-state index in [2.05, 4.69) is 19.1 Å². The van der Waals surface area contributed by atoms with Gasteiger partial charge in [-0.25, -0.2) is 0 Å². The van der Waals surface area contributed by atoms with Crippen LogP contribution < -0.4 is 0 Å². The number of aliphatic hydroxyl groups is 1. The van der Waals surface area contributed by atoms with Crippen molar-refractivity contribution < 1.29 is 19.5 Å². The number of nitrogens with zero attached hydrogens (tertiary/aromatic N) is 3. The van der Waals surface area contributed by atoms with Crippen molar-refractivity contribution in [2.24, 2.45) is 11.8 Å². The molecule has 0 saturated carbocycles. The van der Waals surface area contributed by atoms with E-state index in [0.717, 1.165) is 12.8 Å². The van der Waals surface area contributed by atoms with Crippen LogP contribution in [0.15, 0.2) is 24.3 Å². The summed E-state index contributed by atoms with van der Waals surface area (Å²) in [5, 5.41) is 9.27. The molecule has 5 atom stereocenters. The summed E-state index contributed by atoms with van der Waals surface area (Å²) in [6.07, 6.45) is 11.3. The Hall–Kier alpha value is -1.80. The minimum Gasteiger partial charge on any atom is -0.396 e. The fourth-order valence-corrected chi connectivity index (χ4v) is 8.03. The van der Waals surface area contributed by atoms with E-state index in [1.54, 1.807) is 28.6 Å². The van der Waals surface area contributed by atoms with Crippen molar-refractivity contribution in [3.05, 3.63) is 24.3 Å². The molecule has 8 heteroatoms. The van der Waals surface area contributed by atoms with Gasteiger partial charge in [-0.3, -0.25) is 14.4 Å². The molecular formula is C24H35N3O4S. The minimum atomic E-state index is -0.758. The maximum Gasteiger partial charge on any atom is 0.247 e. The molecule has 4 aliphatic heterocycles. The van der Waals surface area contributed by atoms with Crippen LogP contribution in [-0.4, -0.2) is 92.9 Å². The van der Waals surface area contributed by atoms with Crippen LogP contribution in [0.1, 0.15) is 39.5 Å². The van der Waals surface area contributed by atoms with E-state index in [1.807, 2.05) is 24.0 Å². The first kappa shape index (κ1) is 23.4. The van der Waals surface area contributed by atoms with Crippen LogP contribution in [0.25, 0.3) is 0 Å². The third-order valence-corrected chi connectivity index (χ3v) is 9.23. The topological polar surface area (TPSA) is 81.2 Å². The molecule has 3 amide bonds. The second-order valence-corrected chi connectivity index (χ2v) is 11.4. The van der Waals surface area contributed by atoms with Crippen molar-refractivity contribution in [2.45, 2.75) is 55.1 Å². The molecule has 2 fully saturated rings. The van der Waals surface area contributed by atoms with E-state index in [4.69, 9.17) is 0 Å². The fourth-order valence-electron chi connectivity index (χ4n) is 5.87. The Labute approximate surface area is 194 Å². The Morgan fingerprint density at radius 3 is 2.47 bits per heavy atom. The van der Waals surface area contributed by atoms with Gasteiger partial charge in [-0.05, 0) is 26.2 Å². The first-order chi connectivity index (χ1) is 15.3. The predicted octanol–water partition coefficient (Wildman–Crippen LogP) is 1.67. The zero-order valence-corrected chi connectivity index (χ0v) is 20.1. The third-order valence-electron chi connectivity index (χ3n) is 7.43. The van der Waals surface area contributed by atoms with Crippen LogP contribution in [0, 0.1) is 11.8 Å². The monoisotopic (exact) mass is 461 g/mol. The summed E-state index contributed by atoms with van der Waals surface area (Å²) in [7, 11) is 1.78. The van der Waals surface area contributed by atoms with Crippen LogP contribution in [0.2, 0.25) is 0 Å². The van der Waals surface area contributed by atoms with Gasteiger partial charge in [-0.1, -0.05) is 37.6 Å². The molecule has 0 aromatic carbocycles. The summed E-state index contributed by atoms with van der Waals surface area (Å²) in [5.74, 6) is -1.21. The Morgan fingerprint density at radius 2 is 1.75 bits per heavy atom. The molecule has 4 aliphatic rings. The number of aliphatic hydroxyl groups excluding tert-OH is 1. The second kappa shape index (κ2) is 8.86. The number of carbonyl (C=O) groups excluding carboxylic acids is 3. The molecule has 0 radical (unpaired) electrons. The van der Waals surface area contributed by atoms with Gasteiger partial charge in [0.25, 0.3) is 0 Å². The number of carbonyl (C=O) groups is 3. The van der Waals surface area contributed by atoms with Crippen LogP contribution >= 0.6 is 11.8 Å². The molecule has 0 bridgehead atoms. The smallest absolute Gasteiger partial charge is 0.247 e. The Balaban J connectivity index is 1.80. The molecule has 0 aliphatic carbocycles. The van der Waals surface area contributed by atoms with E-state index >= 15 is 0 Å². The van der Waals surface area contributed by atoms with Gasteiger partial charge in [0.2, 0.25) is 17.7 Å². The molecule has 2 saturated heterocycles. The highest BCUT2D eigenvalue weighted by molar-refractivity contribution is 8.02. The molecule has 7 nitrogen and oxygen atoms in total. The van der Waals surface area contributed by atoms with Gasteiger partial charge in [0.1, 0.15) is 6.04 Å². The first-order valence-electron chi connectivity index (χ1n) is 11.8. The van der Waals surface area contributed by atoms with Crippen LogP contribution in [-0.2, 0) is 14.4 Å². The van der Waals surface area contributed by atoms with Crippen LogP contribution in [0.5, 0.6) is 0 Å². The summed E-state index contributed by atoms with van der Waals surface area (Å²) >= 11 is 1.63. The largest absolute Gasteiger partial charge is 0.396 e. The molecule has 1 spiro atoms. The SMILES string of the molecule is CCCCN1CC=C[C@]23S[C@]4(C)C=CCN(C)C(=O)[C@@H]4[C@H]2C(=O)N(CCCCO)C3C1=O. The lowest BCUT2D eigenvalue weighted by Gasteiger charge is -2.36. The quantitative estimate of drug-likeness (QED) is 0.461. The number of fused-ring (bicyclic) bond motifs is 2. The summed E-state index contributed by atoms with van der Waals surface area (Å²) in [4.78, 5) is 46.6. The van der Waals surface area contributed by atoms with E-state index in [0.29, 0.717) is 39.0 Å². The van der Waals surface area contributed by atoms with Gasteiger partial charge in [0.05, 0.1) is 16.6 Å². The number of amides is 3. The number of hydrogen-bond donors (Lipinski definition) is 1. The number of likely N-dealkylation sites (tertiary alicyclic amines) is 1. The second-order valence-electron chi connectivity index (χ2n) is 9.62. The maximum atomic E-state index is 13.9. The van der Waals surface area contributed by atoms with Gasteiger partial charge < -0.3 is 19.8 Å². The lowest BCUT2D eigenvalue weighted by Crippen LogP contribution is -2.53. The van der Waals surface area contributed by atoms with Crippen molar-refractivity contribution in [3.63, 3.8) is 0 Å². The molecule has 176 valence electrons. The van der Waals surface area contributed by atoms with Crippen molar-refractivity contribution in [3.8, 4) is 0 Å². The number of thioether (sulfide) groups is 1. The highest BCUT2D eigenvalue weighted by Crippen LogP contribution is 2.65. The Kier molecular flexibility index (Phi) is 6.47. The number of hydrogen-bond acceptors (Lipinski definition) is 5. The average Bonchev–Trinajstić information content (AvgIpc) is 3.03. The van der Waals surface area contributed by atoms with Gasteiger partial charge in [0, 0.05) is 44.6 Å². The number of unbranched alkanes of at least 4 members (excludes halogenated alkanes) is 2. The van der Waals surface area contributed by atoms with Gasteiger partial charge in [-0.15, -0.1) is 11.8 Å². The standard InChI is InChI=1S/C24H35N3O4S/c1-4-5-13-26-14-9-11-24-18(17-20(29)25(3)12-8-10-23(17,2)32-24)21(30)27(15-6-7-16-28)19(24)22(26)31/h8-11,17-19,28H,4-7,12-16H2,1-3H3/t17-,18-,19?,23+,24-/m0/s1. The highest BCUT2D eigenvalue weighted by Gasteiger charge is 2.73.